The Hall–Kier alpha value is -2.12. The van der Waals surface area contributed by atoms with Gasteiger partial charge in [-0.1, -0.05) is 0 Å². The van der Waals surface area contributed by atoms with E-state index in [0.717, 1.165) is 0 Å². The first kappa shape index (κ1) is 11.0. The molecule has 0 fully saturated rings. The van der Waals surface area contributed by atoms with E-state index in [2.05, 4.69) is 25.8 Å². The van der Waals surface area contributed by atoms with E-state index in [1.807, 2.05) is 0 Å². The van der Waals surface area contributed by atoms with Gasteiger partial charge in [0.05, 0.1) is 0 Å². The number of nitrogen functional groups attached to an aromatic ring is 1. The fourth-order valence-electron chi connectivity index (χ4n) is 0.875. The maximum Gasteiger partial charge on any atom is 0.288 e. The number of nitrogens with one attached hydrogen (secondary N) is 3. The van der Waals surface area contributed by atoms with Crippen LogP contribution in [0.5, 0.6) is 0 Å². The summed E-state index contributed by atoms with van der Waals surface area (Å²) in [5, 5.41) is 10.8. The lowest BCUT2D eigenvalue weighted by atomic mass is 10.4. The summed E-state index contributed by atoms with van der Waals surface area (Å²) in [6.07, 6.45) is 0.214. The number of H-pyrrole nitrogens is 1. The highest BCUT2D eigenvalue weighted by molar-refractivity contribution is 5.90. The molecule has 2 amide bonds. The second kappa shape index (κ2) is 4.94. The number of anilines is 1. The maximum absolute atomic E-state index is 11.3. The molecular weight excluding hydrogens is 200 g/mol. The number of hydrogen-bond acceptors (Lipinski definition) is 5. The monoisotopic (exact) mass is 212 g/mol. The third kappa shape index (κ3) is 3.25. The SMILES string of the molecule is CNC(=O)CCNC(=O)c1nc(N)n[nH]1. The highest BCUT2D eigenvalue weighted by Crippen LogP contribution is 1.92. The third-order valence-electron chi connectivity index (χ3n) is 1.63. The molecule has 15 heavy (non-hydrogen) atoms. The third-order valence-corrected chi connectivity index (χ3v) is 1.63. The van der Waals surface area contributed by atoms with Gasteiger partial charge in [0.25, 0.3) is 5.91 Å². The van der Waals surface area contributed by atoms with E-state index < -0.39 is 5.91 Å². The first-order valence-corrected chi connectivity index (χ1v) is 4.30. The van der Waals surface area contributed by atoms with E-state index in [9.17, 15) is 9.59 Å². The quantitative estimate of drug-likeness (QED) is 0.471. The molecule has 0 saturated carbocycles. The Kier molecular flexibility index (Phi) is 3.61. The number of nitrogens with two attached hydrogens (primary N) is 1. The van der Waals surface area contributed by atoms with Gasteiger partial charge in [-0.05, 0) is 0 Å². The molecule has 1 heterocycles. The van der Waals surface area contributed by atoms with Crippen molar-refractivity contribution >= 4 is 17.8 Å². The number of hydrogen-bond donors (Lipinski definition) is 4. The zero-order chi connectivity index (χ0) is 11.3. The Balaban J connectivity index is 2.34. The van der Waals surface area contributed by atoms with Gasteiger partial charge < -0.3 is 16.4 Å². The van der Waals surface area contributed by atoms with Crippen molar-refractivity contribution in [2.75, 3.05) is 19.3 Å². The smallest absolute Gasteiger partial charge is 0.288 e. The summed E-state index contributed by atoms with van der Waals surface area (Å²) in [5.74, 6) is -0.550. The Morgan fingerprint density at radius 3 is 2.80 bits per heavy atom. The van der Waals surface area contributed by atoms with Gasteiger partial charge in [-0.15, -0.1) is 5.10 Å². The largest absolute Gasteiger partial charge is 0.366 e. The van der Waals surface area contributed by atoms with Crippen molar-refractivity contribution in [3.05, 3.63) is 5.82 Å². The van der Waals surface area contributed by atoms with Crippen molar-refractivity contribution in [1.82, 2.24) is 25.8 Å². The molecule has 8 nitrogen and oxygen atoms in total. The first-order valence-electron chi connectivity index (χ1n) is 4.30. The van der Waals surface area contributed by atoms with Crippen LogP contribution in [-0.4, -0.2) is 40.6 Å². The van der Waals surface area contributed by atoms with E-state index in [1.165, 1.54) is 7.05 Å². The molecule has 0 radical (unpaired) electrons. The van der Waals surface area contributed by atoms with E-state index in [1.54, 1.807) is 0 Å². The number of aromatic nitrogens is 3. The maximum atomic E-state index is 11.3. The van der Waals surface area contributed by atoms with Crippen LogP contribution >= 0.6 is 0 Å². The Labute approximate surface area is 85.6 Å². The zero-order valence-corrected chi connectivity index (χ0v) is 8.20. The Bertz CT molecular complexity index is 360. The highest BCUT2D eigenvalue weighted by atomic mass is 16.2. The lowest BCUT2D eigenvalue weighted by molar-refractivity contribution is -0.120. The molecule has 82 valence electrons. The lowest BCUT2D eigenvalue weighted by Gasteiger charge is -2.01. The van der Waals surface area contributed by atoms with Crippen LogP contribution < -0.4 is 16.4 Å². The van der Waals surface area contributed by atoms with Gasteiger partial charge in [0.2, 0.25) is 17.7 Å². The zero-order valence-electron chi connectivity index (χ0n) is 8.20. The van der Waals surface area contributed by atoms with Crippen molar-refractivity contribution in [2.45, 2.75) is 6.42 Å². The van der Waals surface area contributed by atoms with Gasteiger partial charge in [-0.25, -0.2) is 0 Å². The molecule has 1 aromatic rings. The van der Waals surface area contributed by atoms with E-state index in [-0.39, 0.29) is 30.6 Å². The molecule has 0 atom stereocenters. The summed E-state index contributed by atoms with van der Waals surface area (Å²) in [5.41, 5.74) is 5.22. The number of aromatic amines is 1. The van der Waals surface area contributed by atoms with Crippen molar-refractivity contribution in [2.24, 2.45) is 0 Å². The minimum Gasteiger partial charge on any atom is -0.366 e. The van der Waals surface area contributed by atoms with Crippen LogP contribution in [0.2, 0.25) is 0 Å². The lowest BCUT2D eigenvalue weighted by Crippen LogP contribution is -2.29. The minimum atomic E-state index is -0.442. The standard InChI is InChI=1S/C7H12N6O2/c1-9-4(14)2-3-10-6(15)5-11-7(8)13-12-5/h2-3H2,1H3,(H,9,14)(H,10,15)(H3,8,11,12,13). The first-order chi connectivity index (χ1) is 7.13. The minimum absolute atomic E-state index is 0.00597. The number of rotatable bonds is 4. The Morgan fingerprint density at radius 1 is 1.53 bits per heavy atom. The average Bonchev–Trinajstić information content (AvgIpc) is 2.64. The molecule has 0 spiro atoms. The molecule has 8 heteroatoms. The number of amides is 2. The van der Waals surface area contributed by atoms with Crippen LogP contribution in [0.3, 0.4) is 0 Å². The molecule has 1 aromatic heterocycles. The molecule has 5 N–H and O–H groups in total. The summed E-state index contributed by atoms with van der Waals surface area (Å²) < 4.78 is 0. The van der Waals surface area contributed by atoms with Gasteiger partial charge in [0.1, 0.15) is 0 Å². The Morgan fingerprint density at radius 2 is 2.27 bits per heavy atom. The fourth-order valence-corrected chi connectivity index (χ4v) is 0.875. The van der Waals surface area contributed by atoms with Gasteiger partial charge >= 0.3 is 0 Å². The topological polar surface area (TPSA) is 126 Å². The van der Waals surface area contributed by atoms with Crippen molar-refractivity contribution < 1.29 is 9.59 Å². The fraction of sp³-hybridized carbons (Fsp3) is 0.429. The molecule has 1 rings (SSSR count). The van der Waals surface area contributed by atoms with Crippen LogP contribution in [0.4, 0.5) is 5.95 Å². The van der Waals surface area contributed by atoms with Crippen LogP contribution in [0, 0.1) is 0 Å². The predicted molar refractivity (Wildman–Crippen MR) is 51.8 cm³/mol. The molecule has 0 saturated heterocycles. The van der Waals surface area contributed by atoms with Crippen molar-refractivity contribution in [1.29, 1.82) is 0 Å². The molecule has 0 aliphatic carbocycles. The van der Waals surface area contributed by atoms with Crippen LogP contribution in [0.1, 0.15) is 17.0 Å². The number of carbonyl (C=O) groups is 2. The molecule has 0 aromatic carbocycles. The molecule has 0 bridgehead atoms. The van der Waals surface area contributed by atoms with Gasteiger partial charge in [0, 0.05) is 20.0 Å². The van der Waals surface area contributed by atoms with E-state index >= 15 is 0 Å². The van der Waals surface area contributed by atoms with Crippen LogP contribution in [-0.2, 0) is 4.79 Å². The second-order valence-corrected chi connectivity index (χ2v) is 2.72. The summed E-state index contributed by atoms with van der Waals surface area (Å²) in [6.45, 7) is 0.235. The average molecular weight is 212 g/mol. The predicted octanol–water partition coefficient (Wildman–Crippen LogP) is -1.75. The molecular formula is C7H12N6O2. The van der Waals surface area contributed by atoms with Gasteiger partial charge in [-0.2, -0.15) is 4.98 Å². The van der Waals surface area contributed by atoms with Crippen LogP contribution in [0.15, 0.2) is 0 Å². The summed E-state index contributed by atoms with van der Waals surface area (Å²) >= 11 is 0. The highest BCUT2D eigenvalue weighted by Gasteiger charge is 2.09. The summed E-state index contributed by atoms with van der Waals surface area (Å²) in [7, 11) is 1.53. The molecule has 0 aliphatic rings. The summed E-state index contributed by atoms with van der Waals surface area (Å²) in [4.78, 5) is 25.7. The molecule has 0 aliphatic heterocycles. The van der Waals surface area contributed by atoms with Crippen LogP contribution in [0.25, 0.3) is 0 Å². The number of nitrogens with zero attached hydrogens (tertiary/aromatic N) is 2. The van der Waals surface area contributed by atoms with Gasteiger partial charge in [0.15, 0.2) is 0 Å². The van der Waals surface area contributed by atoms with E-state index in [4.69, 9.17) is 5.73 Å². The normalized spacial score (nSPS) is 9.67. The number of carbonyl (C=O) groups excluding carboxylic acids is 2. The van der Waals surface area contributed by atoms with Crippen molar-refractivity contribution in [3.8, 4) is 0 Å². The second-order valence-electron chi connectivity index (χ2n) is 2.72. The molecule has 0 unspecified atom stereocenters. The van der Waals surface area contributed by atoms with Crippen molar-refractivity contribution in [3.63, 3.8) is 0 Å². The van der Waals surface area contributed by atoms with Gasteiger partial charge in [-0.3, -0.25) is 14.7 Å². The summed E-state index contributed by atoms with van der Waals surface area (Å²) in [6, 6.07) is 0. The van der Waals surface area contributed by atoms with E-state index in [0.29, 0.717) is 0 Å².